The molecule has 1 atom stereocenters. The lowest BCUT2D eigenvalue weighted by Gasteiger charge is -2.15. The molecule has 27 heavy (non-hydrogen) atoms. The van der Waals surface area contributed by atoms with E-state index in [1.807, 2.05) is 42.5 Å². The van der Waals surface area contributed by atoms with E-state index in [1.165, 1.54) is 0 Å². The molecule has 138 valence electrons. The topological polar surface area (TPSA) is 63.2 Å². The van der Waals surface area contributed by atoms with Crippen LogP contribution in [-0.4, -0.2) is 18.0 Å². The van der Waals surface area contributed by atoms with Gasteiger partial charge in [0, 0.05) is 24.3 Å². The minimum Gasteiger partial charge on any atom is -0.497 e. The second kappa shape index (κ2) is 8.85. The lowest BCUT2D eigenvalue weighted by Crippen LogP contribution is -2.23. The highest BCUT2D eigenvalue weighted by molar-refractivity contribution is 5.94. The summed E-state index contributed by atoms with van der Waals surface area (Å²) in [5.41, 5.74) is 2.74. The minimum absolute atomic E-state index is 0.0938. The van der Waals surface area contributed by atoms with E-state index in [2.05, 4.69) is 34.7 Å². The second-order valence-electron chi connectivity index (χ2n) is 6.24. The number of carbonyl (C=O) groups is 1. The average Bonchev–Trinajstić information content (AvgIpc) is 2.73. The quantitative estimate of drug-likeness (QED) is 0.662. The van der Waals surface area contributed by atoms with Crippen molar-refractivity contribution >= 4 is 11.7 Å². The Morgan fingerprint density at radius 3 is 2.52 bits per heavy atom. The zero-order chi connectivity index (χ0) is 19.1. The Hall–Kier alpha value is -3.34. The summed E-state index contributed by atoms with van der Waals surface area (Å²) in [7, 11) is 1.63. The first-order valence-electron chi connectivity index (χ1n) is 8.84. The van der Waals surface area contributed by atoms with Crippen LogP contribution in [0, 0.1) is 0 Å². The van der Waals surface area contributed by atoms with Gasteiger partial charge < -0.3 is 15.4 Å². The lowest BCUT2D eigenvalue weighted by atomic mass is 10.1. The first-order chi connectivity index (χ1) is 13.2. The third-order valence-corrected chi connectivity index (χ3v) is 4.30. The van der Waals surface area contributed by atoms with Gasteiger partial charge in [-0.3, -0.25) is 4.79 Å². The van der Waals surface area contributed by atoms with Gasteiger partial charge in [0.15, 0.2) is 0 Å². The number of anilines is 1. The third kappa shape index (κ3) is 5.07. The number of rotatable bonds is 7. The summed E-state index contributed by atoms with van der Waals surface area (Å²) in [6.07, 6.45) is 1.64. The van der Waals surface area contributed by atoms with Crippen molar-refractivity contribution in [2.24, 2.45) is 0 Å². The fraction of sp³-hybridized carbons (Fsp3) is 0.182. The van der Waals surface area contributed by atoms with Crippen molar-refractivity contribution in [3.63, 3.8) is 0 Å². The number of nitrogens with one attached hydrogen (secondary N) is 2. The van der Waals surface area contributed by atoms with E-state index >= 15 is 0 Å². The van der Waals surface area contributed by atoms with Crippen molar-refractivity contribution in [1.29, 1.82) is 0 Å². The van der Waals surface area contributed by atoms with Crippen LogP contribution in [0.15, 0.2) is 72.9 Å². The maximum Gasteiger partial charge on any atom is 0.251 e. The molecule has 1 aromatic heterocycles. The third-order valence-electron chi connectivity index (χ3n) is 4.30. The number of aromatic nitrogens is 1. The molecule has 1 unspecified atom stereocenters. The van der Waals surface area contributed by atoms with Gasteiger partial charge in [-0.25, -0.2) is 4.98 Å². The standard InChI is InChI=1S/C22H23N3O2/c1-16(18-6-4-3-5-7-18)25-21-14-19(12-13-23-21)22(26)24-15-17-8-10-20(27-2)11-9-17/h3-14,16H,15H2,1-2H3,(H,23,25)(H,24,26). The predicted molar refractivity (Wildman–Crippen MR) is 107 cm³/mol. The first-order valence-corrected chi connectivity index (χ1v) is 8.84. The Balaban J connectivity index is 1.61. The molecule has 3 aromatic rings. The number of ether oxygens (including phenoxy) is 1. The van der Waals surface area contributed by atoms with Crippen molar-refractivity contribution in [1.82, 2.24) is 10.3 Å². The number of amides is 1. The average molecular weight is 361 g/mol. The maximum absolute atomic E-state index is 12.5. The van der Waals surface area contributed by atoms with Crippen LogP contribution in [0.1, 0.15) is 34.5 Å². The fourth-order valence-corrected chi connectivity index (χ4v) is 2.73. The Morgan fingerprint density at radius 1 is 1.07 bits per heavy atom. The van der Waals surface area contributed by atoms with Crippen molar-refractivity contribution in [3.05, 3.63) is 89.6 Å². The van der Waals surface area contributed by atoms with Crippen LogP contribution < -0.4 is 15.4 Å². The molecule has 2 N–H and O–H groups in total. The number of nitrogens with zero attached hydrogens (tertiary/aromatic N) is 1. The number of carbonyl (C=O) groups excluding carboxylic acids is 1. The molecule has 0 spiro atoms. The molecule has 0 aliphatic rings. The normalized spacial score (nSPS) is 11.5. The van der Waals surface area contributed by atoms with E-state index in [1.54, 1.807) is 25.4 Å². The van der Waals surface area contributed by atoms with Crippen molar-refractivity contribution in [3.8, 4) is 5.75 Å². The molecule has 3 rings (SSSR count). The molecule has 0 fully saturated rings. The van der Waals surface area contributed by atoms with Gasteiger partial charge >= 0.3 is 0 Å². The summed E-state index contributed by atoms with van der Waals surface area (Å²) in [6, 6.07) is 21.3. The Labute approximate surface area is 159 Å². The van der Waals surface area contributed by atoms with Gasteiger partial charge in [-0.05, 0) is 42.3 Å². The van der Waals surface area contributed by atoms with Crippen molar-refractivity contribution < 1.29 is 9.53 Å². The number of hydrogen-bond donors (Lipinski definition) is 2. The van der Waals surface area contributed by atoms with Gasteiger partial charge in [-0.1, -0.05) is 42.5 Å². The molecule has 5 heteroatoms. The fourth-order valence-electron chi connectivity index (χ4n) is 2.73. The minimum atomic E-state index is -0.136. The van der Waals surface area contributed by atoms with Crippen LogP contribution in [0.2, 0.25) is 0 Å². The van der Waals surface area contributed by atoms with Gasteiger partial charge in [0.1, 0.15) is 11.6 Å². The van der Waals surface area contributed by atoms with Crippen molar-refractivity contribution in [2.45, 2.75) is 19.5 Å². The molecule has 1 amide bonds. The van der Waals surface area contributed by atoms with E-state index in [0.29, 0.717) is 17.9 Å². The number of pyridine rings is 1. The molecule has 0 radical (unpaired) electrons. The Morgan fingerprint density at radius 2 is 1.81 bits per heavy atom. The molecular weight excluding hydrogens is 338 g/mol. The zero-order valence-electron chi connectivity index (χ0n) is 15.5. The summed E-state index contributed by atoms with van der Waals surface area (Å²) < 4.78 is 5.14. The van der Waals surface area contributed by atoms with E-state index < -0.39 is 0 Å². The van der Waals surface area contributed by atoms with E-state index in [9.17, 15) is 4.79 Å². The summed E-state index contributed by atoms with van der Waals surface area (Å²) in [5.74, 6) is 1.33. The van der Waals surface area contributed by atoms with Crippen LogP contribution in [0.25, 0.3) is 0 Å². The largest absolute Gasteiger partial charge is 0.497 e. The van der Waals surface area contributed by atoms with Crippen LogP contribution in [-0.2, 0) is 6.54 Å². The lowest BCUT2D eigenvalue weighted by molar-refractivity contribution is 0.0951. The molecule has 0 aliphatic heterocycles. The maximum atomic E-state index is 12.5. The van der Waals surface area contributed by atoms with Gasteiger partial charge in [0.05, 0.1) is 7.11 Å². The van der Waals surface area contributed by atoms with Crippen molar-refractivity contribution in [2.75, 3.05) is 12.4 Å². The summed E-state index contributed by atoms with van der Waals surface area (Å²) in [5, 5.41) is 6.26. The van der Waals surface area contributed by atoms with Gasteiger partial charge in [0.25, 0.3) is 5.91 Å². The van der Waals surface area contributed by atoms with Crippen LogP contribution in [0.5, 0.6) is 5.75 Å². The van der Waals surface area contributed by atoms with Crippen LogP contribution >= 0.6 is 0 Å². The highest BCUT2D eigenvalue weighted by Crippen LogP contribution is 2.18. The van der Waals surface area contributed by atoms with E-state index in [4.69, 9.17) is 4.74 Å². The van der Waals surface area contributed by atoms with Gasteiger partial charge in [-0.2, -0.15) is 0 Å². The van der Waals surface area contributed by atoms with Gasteiger partial charge in [-0.15, -0.1) is 0 Å². The molecular formula is C22H23N3O2. The molecule has 0 saturated carbocycles. The molecule has 1 heterocycles. The number of benzene rings is 2. The highest BCUT2D eigenvalue weighted by atomic mass is 16.5. The molecule has 0 bridgehead atoms. The molecule has 0 aliphatic carbocycles. The SMILES string of the molecule is COc1ccc(CNC(=O)c2ccnc(NC(C)c3ccccc3)c2)cc1. The Kier molecular flexibility index (Phi) is 6.05. The molecule has 2 aromatic carbocycles. The smallest absolute Gasteiger partial charge is 0.251 e. The highest BCUT2D eigenvalue weighted by Gasteiger charge is 2.09. The Bertz CT molecular complexity index is 880. The van der Waals surface area contributed by atoms with Crippen LogP contribution in [0.3, 0.4) is 0 Å². The number of hydrogen-bond acceptors (Lipinski definition) is 4. The predicted octanol–water partition coefficient (Wildman–Crippen LogP) is 4.19. The summed E-state index contributed by atoms with van der Waals surface area (Å²) in [6.45, 7) is 2.52. The number of methoxy groups -OCH3 is 1. The monoisotopic (exact) mass is 361 g/mol. The van der Waals surface area contributed by atoms with Gasteiger partial charge in [0.2, 0.25) is 0 Å². The summed E-state index contributed by atoms with van der Waals surface area (Å²) >= 11 is 0. The zero-order valence-corrected chi connectivity index (χ0v) is 15.5. The van der Waals surface area contributed by atoms with E-state index in [-0.39, 0.29) is 11.9 Å². The first kappa shape index (κ1) is 18.5. The summed E-state index contributed by atoms with van der Waals surface area (Å²) in [4.78, 5) is 16.8. The molecule has 5 nitrogen and oxygen atoms in total. The molecule has 0 saturated heterocycles. The van der Waals surface area contributed by atoms with E-state index in [0.717, 1.165) is 16.9 Å². The second-order valence-corrected chi connectivity index (χ2v) is 6.24. The van der Waals surface area contributed by atoms with Crippen LogP contribution in [0.4, 0.5) is 5.82 Å².